The van der Waals surface area contributed by atoms with Crippen molar-refractivity contribution in [2.24, 2.45) is 16.7 Å². The Morgan fingerprint density at radius 3 is 2.37 bits per heavy atom. The molecule has 5 aliphatic rings. The molecule has 2 atom stereocenters. The van der Waals surface area contributed by atoms with Crippen LogP contribution in [0.3, 0.4) is 0 Å². The average molecular weight is 852 g/mol. The minimum atomic E-state index is -0.984. The molecule has 4 aromatic rings. The summed E-state index contributed by atoms with van der Waals surface area (Å²) in [6, 6.07) is 17.8. The Balaban J connectivity index is 0.751. The number of ether oxygens (including phenoxy) is 1. The van der Waals surface area contributed by atoms with Crippen LogP contribution in [0.2, 0.25) is 0 Å². The molecule has 6 heterocycles. The minimum absolute atomic E-state index is 0.0853. The highest BCUT2D eigenvalue weighted by molar-refractivity contribution is 6.23. The number of rotatable bonds is 9. The third kappa shape index (κ3) is 7.43. The van der Waals surface area contributed by atoms with Crippen molar-refractivity contribution < 1.29 is 28.7 Å². The van der Waals surface area contributed by atoms with Gasteiger partial charge in [-0.05, 0) is 86.7 Å². The molecule has 1 saturated carbocycles. The van der Waals surface area contributed by atoms with E-state index >= 15 is 0 Å². The van der Waals surface area contributed by atoms with Gasteiger partial charge in [0.25, 0.3) is 17.7 Å². The first-order valence-electron chi connectivity index (χ1n) is 22.0. The number of fused-ring (bicyclic) bond motifs is 2. The molecule has 4 aliphatic heterocycles. The van der Waals surface area contributed by atoms with E-state index in [2.05, 4.69) is 71.0 Å². The molecule has 4 fully saturated rings. The molecule has 2 N–H and O–H groups in total. The molecule has 15 nitrogen and oxygen atoms in total. The van der Waals surface area contributed by atoms with Crippen molar-refractivity contribution in [2.45, 2.75) is 84.5 Å². The van der Waals surface area contributed by atoms with E-state index in [1.54, 1.807) is 30.6 Å². The largest absolute Gasteiger partial charge is 0.488 e. The second-order valence-electron chi connectivity index (χ2n) is 19.0. The van der Waals surface area contributed by atoms with Crippen LogP contribution < -0.4 is 25.2 Å². The Hall–Kier alpha value is -6.40. The highest BCUT2D eigenvalue weighted by Gasteiger charge is 2.64. The van der Waals surface area contributed by atoms with Crippen LogP contribution in [0.4, 0.5) is 11.5 Å². The molecule has 9 rings (SSSR count). The quantitative estimate of drug-likeness (QED) is 0.217. The molecule has 5 amide bonds. The SMILES string of the molecule is C[C@H]1CN(c2ccc3c(c2)C(=O)N(C2CCC(=O)NC2=O)C3=O)CCN1CC1CCN(c2ccc(C(=O)N[C@H]3C(C)(C)[C@H](Oc4ccc(C#N)c5ncccc45)C3(C)C)cn2)CC1. The van der Waals surface area contributed by atoms with Gasteiger partial charge in [0.15, 0.2) is 0 Å². The van der Waals surface area contributed by atoms with Gasteiger partial charge in [-0.15, -0.1) is 0 Å². The summed E-state index contributed by atoms with van der Waals surface area (Å²) in [5.41, 5.74) is 2.30. The minimum Gasteiger partial charge on any atom is -0.488 e. The lowest BCUT2D eigenvalue weighted by Crippen LogP contribution is -2.74. The van der Waals surface area contributed by atoms with Gasteiger partial charge in [0.2, 0.25) is 11.8 Å². The van der Waals surface area contributed by atoms with Gasteiger partial charge in [-0.2, -0.15) is 5.26 Å². The normalized spacial score (nSPS) is 24.7. The number of piperidine rings is 2. The van der Waals surface area contributed by atoms with E-state index in [0.29, 0.717) is 33.9 Å². The van der Waals surface area contributed by atoms with E-state index in [1.807, 2.05) is 36.4 Å². The first kappa shape index (κ1) is 41.9. The fourth-order valence-electron chi connectivity index (χ4n) is 11.0. The number of benzene rings is 2. The molecule has 2 aromatic heterocycles. The Labute approximate surface area is 366 Å². The molecule has 0 bridgehead atoms. The number of hydrogen-bond acceptors (Lipinski definition) is 12. The summed E-state index contributed by atoms with van der Waals surface area (Å²) in [5, 5.41) is 15.9. The van der Waals surface area contributed by atoms with Gasteiger partial charge in [-0.1, -0.05) is 27.7 Å². The van der Waals surface area contributed by atoms with E-state index in [0.717, 1.165) is 73.9 Å². The Morgan fingerprint density at radius 1 is 0.905 bits per heavy atom. The van der Waals surface area contributed by atoms with E-state index in [-0.39, 0.29) is 53.3 Å². The second kappa shape index (κ2) is 16.1. The number of nitrogens with one attached hydrogen (secondary N) is 2. The Bertz CT molecular complexity index is 2550. The fraction of sp³-hybridized carbons (Fsp3) is 0.458. The average Bonchev–Trinajstić information content (AvgIpc) is 3.52. The van der Waals surface area contributed by atoms with Crippen molar-refractivity contribution in [2.75, 3.05) is 49.1 Å². The predicted molar refractivity (Wildman–Crippen MR) is 235 cm³/mol. The zero-order chi connectivity index (χ0) is 44.4. The van der Waals surface area contributed by atoms with Gasteiger partial charge >= 0.3 is 0 Å². The molecule has 326 valence electrons. The lowest BCUT2D eigenvalue weighted by molar-refractivity contribution is -0.163. The van der Waals surface area contributed by atoms with E-state index < -0.39 is 29.7 Å². The number of nitrogens with zero attached hydrogens (tertiary/aromatic N) is 7. The van der Waals surface area contributed by atoms with Crippen molar-refractivity contribution in [3.05, 3.63) is 89.2 Å². The molecule has 3 saturated heterocycles. The number of imide groups is 2. The molecule has 1 aliphatic carbocycles. The summed E-state index contributed by atoms with van der Waals surface area (Å²) in [6.07, 6.45) is 5.42. The molecular weight excluding hydrogens is 799 g/mol. The number of carbonyl (C=O) groups excluding carboxylic acids is 5. The highest BCUT2D eigenvalue weighted by Crippen LogP contribution is 2.56. The van der Waals surface area contributed by atoms with Crippen LogP contribution in [0, 0.1) is 28.1 Å². The zero-order valence-electron chi connectivity index (χ0n) is 36.4. The van der Waals surface area contributed by atoms with Crippen molar-refractivity contribution in [1.82, 2.24) is 30.4 Å². The van der Waals surface area contributed by atoms with Crippen molar-refractivity contribution in [3.63, 3.8) is 0 Å². The summed E-state index contributed by atoms with van der Waals surface area (Å²) in [6.45, 7) is 15.8. The van der Waals surface area contributed by atoms with E-state index in [4.69, 9.17) is 9.72 Å². The number of carbonyl (C=O) groups is 5. The topological polar surface area (TPSA) is 181 Å². The lowest BCUT2D eigenvalue weighted by atomic mass is 9.49. The van der Waals surface area contributed by atoms with Crippen molar-refractivity contribution in [1.29, 1.82) is 5.26 Å². The van der Waals surface area contributed by atoms with Crippen molar-refractivity contribution in [3.8, 4) is 11.8 Å². The van der Waals surface area contributed by atoms with Crippen molar-refractivity contribution >= 4 is 51.9 Å². The summed E-state index contributed by atoms with van der Waals surface area (Å²) in [5.74, 6) is -0.0951. The smallest absolute Gasteiger partial charge is 0.262 e. The van der Waals surface area contributed by atoms with Crippen LogP contribution in [0.25, 0.3) is 10.9 Å². The summed E-state index contributed by atoms with van der Waals surface area (Å²) in [7, 11) is 0. The predicted octanol–water partition coefficient (Wildman–Crippen LogP) is 4.94. The maximum atomic E-state index is 13.6. The number of anilines is 2. The third-order valence-corrected chi connectivity index (χ3v) is 14.2. The maximum absolute atomic E-state index is 13.6. The number of aromatic nitrogens is 2. The van der Waals surface area contributed by atoms with Gasteiger partial charge in [-0.25, -0.2) is 4.98 Å². The van der Waals surface area contributed by atoms with Gasteiger partial charge in [0.1, 0.15) is 29.8 Å². The van der Waals surface area contributed by atoms with E-state index in [1.165, 1.54) is 0 Å². The Kier molecular flexibility index (Phi) is 10.7. The molecule has 2 aromatic carbocycles. The molecule has 15 heteroatoms. The van der Waals surface area contributed by atoms with Crippen LogP contribution in [0.5, 0.6) is 5.75 Å². The Morgan fingerprint density at radius 2 is 1.67 bits per heavy atom. The fourth-order valence-corrected chi connectivity index (χ4v) is 11.0. The first-order valence-corrected chi connectivity index (χ1v) is 22.0. The monoisotopic (exact) mass is 851 g/mol. The van der Waals surface area contributed by atoms with Crippen LogP contribution in [0.1, 0.15) is 96.9 Å². The first-order chi connectivity index (χ1) is 30.1. The number of pyridine rings is 2. The van der Waals surface area contributed by atoms with E-state index in [9.17, 15) is 29.2 Å². The zero-order valence-corrected chi connectivity index (χ0v) is 36.4. The van der Waals surface area contributed by atoms with Gasteiger partial charge in [-0.3, -0.25) is 44.1 Å². The van der Waals surface area contributed by atoms with Crippen LogP contribution in [-0.2, 0) is 9.59 Å². The summed E-state index contributed by atoms with van der Waals surface area (Å²) >= 11 is 0. The molecule has 1 unspecified atom stereocenters. The lowest BCUT2D eigenvalue weighted by Gasteiger charge is -2.63. The van der Waals surface area contributed by atoms with Gasteiger partial charge < -0.3 is 19.9 Å². The number of nitriles is 1. The molecular formula is C48H53N9O6. The number of hydrogen-bond donors (Lipinski definition) is 2. The van der Waals surface area contributed by atoms with Crippen LogP contribution in [-0.4, -0.2) is 113 Å². The van der Waals surface area contributed by atoms with Gasteiger partial charge in [0, 0.05) is 92.1 Å². The second-order valence-corrected chi connectivity index (χ2v) is 19.0. The number of amides is 5. The molecule has 0 spiro atoms. The highest BCUT2D eigenvalue weighted by atomic mass is 16.5. The maximum Gasteiger partial charge on any atom is 0.262 e. The van der Waals surface area contributed by atoms with Crippen LogP contribution in [0.15, 0.2) is 67.0 Å². The standard InChI is InChI=1S/C48H53N9O6/c1-28-26-56(32-10-11-33-35(23-32)44(62)57(43(33)61)36-12-15-39(58)52-42(36)60)22-21-55(28)27-29-16-19-54(20-17-29)38-14-9-31(25-51-38)41(59)53-45-47(2,3)46(48(45,4)5)63-37-13-8-30(24-49)40-34(37)7-6-18-50-40/h6-11,13-14,18,23,25,28-29,36,45-46H,12,15-17,19-22,26-27H2,1-5H3,(H,53,59)(H,52,58,60)/t28-,36?,45-,46-/m0/s1. The third-order valence-electron chi connectivity index (χ3n) is 14.2. The van der Waals surface area contributed by atoms with Crippen LogP contribution >= 0.6 is 0 Å². The summed E-state index contributed by atoms with van der Waals surface area (Å²) < 4.78 is 6.65. The molecule has 63 heavy (non-hydrogen) atoms. The summed E-state index contributed by atoms with van der Waals surface area (Å²) in [4.78, 5) is 81.7. The number of piperazine rings is 1. The molecule has 0 radical (unpaired) electrons. The van der Waals surface area contributed by atoms with Gasteiger partial charge in [0.05, 0.1) is 27.8 Å².